The largest absolute Gasteiger partial charge is 0.332 e. The van der Waals surface area contributed by atoms with Gasteiger partial charge in [0.15, 0.2) is 5.82 Å². The summed E-state index contributed by atoms with van der Waals surface area (Å²) in [5, 5.41) is 3.90. The third-order valence-corrected chi connectivity index (χ3v) is 2.59. The zero-order valence-electron chi connectivity index (χ0n) is 10.1. The Hall–Kier alpha value is -1.75. The van der Waals surface area contributed by atoms with Gasteiger partial charge < -0.3 is 10.3 Å². The molecule has 1 atom stereocenters. The molecule has 17 heavy (non-hydrogen) atoms. The minimum absolute atomic E-state index is 0.165. The van der Waals surface area contributed by atoms with Crippen molar-refractivity contribution in [2.24, 2.45) is 5.73 Å². The first kappa shape index (κ1) is 11.7. The molecule has 0 bridgehead atoms. The highest BCUT2D eigenvalue weighted by atomic mass is 16.5. The molecule has 2 aromatic heterocycles. The van der Waals surface area contributed by atoms with E-state index in [0.29, 0.717) is 11.7 Å². The quantitative estimate of drug-likeness (QED) is 0.874. The monoisotopic (exact) mass is 232 g/mol. The van der Waals surface area contributed by atoms with Gasteiger partial charge in [0.2, 0.25) is 0 Å². The summed E-state index contributed by atoms with van der Waals surface area (Å²) < 4.78 is 5.20. The Labute approximate surface area is 100 Å². The molecule has 2 aromatic rings. The van der Waals surface area contributed by atoms with Crippen molar-refractivity contribution in [1.29, 1.82) is 0 Å². The van der Waals surface area contributed by atoms with Crippen molar-refractivity contribution in [2.75, 3.05) is 0 Å². The van der Waals surface area contributed by atoms with Gasteiger partial charge in [-0.2, -0.15) is 4.98 Å². The summed E-state index contributed by atoms with van der Waals surface area (Å²) in [7, 11) is 0. The van der Waals surface area contributed by atoms with E-state index in [0.717, 1.165) is 24.1 Å². The Morgan fingerprint density at radius 1 is 1.47 bits per heavy atom. The van der Waals surface area contributed by atoms with Crippen LogP contribution in [0.15, 0.2) is 22.9 Å². The van der Waals surface area contributed by atoms with E-state index in [-0.39, 0.29) is 6.04 Å². The van der Waals surface area contributed by atoms with Crippen LogP contribution in [-0.2, 0) is 0 Å². The van der Waals surface area contributed by atoms with E-state index < -0.39 is 0 Å². The lowest BCUT2D eigenvalue weighted by molar-refractivity contribution is 0.412. The lowest BCUT2D eigenvalue weighted by Crippen LogP contribution is -2.11. The van der Waals surface area contributed by atoms with Crippen molar-refractivity contribution in [2.45, 2.75) is 32.7 Å². The number of aromatic nitrogens is 3. The van der Waals surface area contributed by atoms with E-state index in [1.54, 1.807) is 6.20 Å². The molecule has 0 fully saturated rings. The molecule has 0 aliphatic heterocycles. The summed E-state index contributed by atoms with van der Waals surface area (Å²) in [6.07, 6.45) is 3.55. The second-order valence-corrected chi connectivity index (χ2v) is 4.02. The number of nitrogens with two attached hydrogens (primary N) is 1. The maximum Gasteiger partial charge on any atom is 0.276 e. The van der Waals surface area contributed by atoms with Gasteiger partial charge in [0, 0.05) is 6.20 Å². The summed E-state index contributed by atoms with van der Waals surface area (Å²) in [4.78, 5) is 8.52. The van der Waals surface area contributed by atoms with Crippen LogP contribution in [0.1, 0.15) is 37.2 Å². The first-order chi connectivity index (χ1) is 8.22. The van der Waals surface area contributed by atoms with Gasteiger partial charge in [-0.1, -0.05) is 24.6 Å². The van der Waals surface area contributed by atoms with Crippen LogP contribution in [0.25, 0.3) is 11.6 Å². The van der Waals surface area contributed by atoms with E-state index >= 15 is 0 Å². The Kier molecular flexibility index (Phi) is 3.49. The van der Waals surface area contributed by atoms with Crippen LogP contribution in [0.4, 0.5) is 0 Å². The second kappa shape index (κ2) is 5.05. The van der Waals surface area contributed by atoms with Crippen molar-refractivity contribution >= 4 is 0 Å². The molecule has 2 rings (SSSR count). The molecule has 5 nitrogen and oxygen atoms in total. The van der Waals surface area contributed by atoms with Gasteiger partial charge in [0.1, 0.15) is 5.69 Å². The molecular weight excluding hydrogens is 216 g/mol. The minimum Gasteiger partial charge on any atom is -0.332 e. The van der Waals surface area contributed by atoms with E-state index in [2.05, 4.69) is 22.0 Å². The predicted molar refractivity (Wildman–Crippen MR) is 64.1 cm³/mol. The number of hydrogen-bond acceptors (Lipinski definition) is 5. The third-order valence-electron chi connectivity index (χ3n) is 2.59. The third kappa shape index (κ3) is 2.50. The SMILES string of the molecule is CCCC(N)c1noc(-c2ncccc2C)n1. The molecular formula is C12H16N4O. The summed E-state index contributed by atoms with van der Waals surface area (Å²) >= 11 is 0. The first-order valence-electron chi connectivity index (χ1n) is 5.73. The average Bonchev–Trinajstić information content (AvgIpc) is 2.79. The summed E-state index contributed by atoms with van der Waals surface area (Å²) in [6, 6.07) is 3.67. The van der Waals surface area contributed by atoms with Crippen molar-refractivity contribution in [3.05, 3.63) is 29.7 Å². The van der Waals surface area contributed by atoms with Crippen LogP contribution < -0.4 is 5.73 Å². The van der Waals surface area contributed by atoms with Crippen LogP contribution in [-0.4, -0.2) is 15.1 Å². The van der Waals surface area contributed by atoms with Crippen molar-refractivity contribution in [3.63, 3.8) is 0 Å². The van der Waals surface area contributed by atoms with Gasteiger partial charge in [0.25, 0.3) is 5.89 Å². The number of aryl methyl sites for hydroxylation is 1. The zero-order chi connectivity index (χ0) is 12.3. The lowest BCUT2D eigenvalue weighted by atomic mass is 10.2. The summed E-state index contributed by atoms with van der Waals surface area (Å²) in [5.41, 5.74) is 7.65. The fourth-order valence-electron chi connectivity index (χ4n) is 1.63. The van der Waals surface area contributed by atoms with E-state index in [4.69, 9.17) is 10.3 Å². The van der Waals surface area contributed by atoms with Crippen LogP contribution in [0.2, 0.25) is 0 Å². The molecule has 0 aliphatic carbocycles. The fraction of sp³-hybridized carbons (Fsp3) is 0.417. The molecule has 90 valence electrons. The molecule has 2 N–H and O–H groups in total. The number of rotatable bonds is 4. The molecule has 0 radical (unpaired) electrons. The van der Waals surface area contributed by atoms with Gasteiger partial charge >= 0.3 is 0 Å². The van der Waals surface area contributed by atoms with E-state index in [9.17, 15) is 0 Å². The van der Waals surface area contributed by atoms with Crippen LogP contribution >= 0.6 is 0 Å². The zero-order valence-corrected chi connectivity index (χ0v) is 10.1. The number of pyridine rings is 1. The first-order valence-corrected chi connectivity index (χ1v) is 5.73. The van der Waals surface area contributed by atoms with Gasteiger partial charge in [-0.25, -0.2) is 0 Å². The summed E-state index contributed by atoms with van der Waals surface area (Å²) in [6.45, 7) is 4.03. The molecule has 0 spiro atoms. The average molecular weight is 232 g/mol. The standard InChI is InChI=1S/C12H16N4O/c1-3-5-9(13)11-15-12(17-16-11)10-8(2)6-4-7-14-10/h4,6-7,9H,3,5,13H2,1-2H3. The predicted octanol–water partition coefficient (Wildman–Crippen LogP) is 2.24. The van der Waals surface area contributed by atoms with Crippen molar-refractivity contribution < 1.29 is 4.52 Å². The molecule has 0 amide bonds. The highest BCUT2D eigenvalue weighted by Crippen LogP contribution is 2.20. The van der Waals surface area contributed by atoms with Crippen molar-refractivity contribution in [3.8, 4) is 11.6 Å². The molecule has 2 heterocycles. The maximum atomic E-state index is 5.93. The molecule has 0 aromatic carbocycles. The van der Waals surface area contributed by atoms with E-state index in [1.165, 1.54) is 0 Å². The van der Waals surface area contributed by atoms with Crippen LogP contribution in [0.3, 0.4) is 0 Å². The lowest BCUT2D eigenvalue weighted by Gasteiger charge is -2.02. The molecule has 1 unspecified atom stereocenters. The van der Waals surface area contributed by atoms with Gasteiger partial charge in [0.05, 0.1) is 6.04 Å². The topological polar surface area (TPSA) is 77.8 Å². The Morgan fingerprint density at radius 2 is 2.29 bits per heavy atom. The molecule has 0 aliphatic rings. The van der Waals surface area contributed by atoms with Gasteiger partial charge in [-0.15, -0.1) is 0 Å². The van der Waals surface area contributed by atoms with E-state index in [1.807, 2.05) is 19.1 Å². The highest BCUT2D eigenvalue weighted by molar-refractivity contribution is 5.51. The molecule has 0 saturated heterocycles. The van der Waals surface area contributed by atoms with Gasteiger partial charge in [-0.05, 0) is 25.0 Å². The highest BCUT2D eigenvalue weighted by Gasteiger charge is 2.16. The molecule has 5 heteroatoms. The van der Waals surface area contributed by atoms with Gasteiger partial charge in [-0.3, -0.25) is 4.98 Å². The Morgan fingerprint density at radius 3 is 3.00 bits per heavy atom. The second-order valence-electron chi connectivity index (χ2n) is 4.02. The smallest absolute Gasteiger partial charge is 0.276 e. The molecule has 0 saturated carbocycles. The fourth-order valence-corrected chi connectivity index (χ4v) is 1.63. The normalized spacial score (nSPS) is 12.6. The minimum atomic E-state index is -0.165. The van der Waals surface area contributed by atoms with Crippen LogP contribution in [0, 0.1) is 6.92 Å². The van der Waals surface area contributed by atoms with Crippen molar-refractivity contribution in [1.82, 2.24) is 15.1 Å². The van der Waals surface area contributed by atoms with Crippen LogP contribution in [0.5, 0.6) is 0 Å². The number of nitrogens with zero attached hydrogens (tertiary/aromatic N) is 3. The Balaban J connectivity index is 2.27. The summed E-state index contributed by atoms with van der Waals surface area (Å²) in [5.74, 6) is 0.983. The Bertz CT molecular complexity index is 495. The number of hydrogen-bond donors (Lipinski definition) is 1. The maximum absolute atomic E-state index is 5.93.